The van der Waals surface area contributed by atoms with E-state index in [-0.39, 0.29) is 11.5 Å². The van der Waals surface area contributed by atoms with Gasteiger partial charge in [0.25, 0.3) is 5.01 Å². The van der Waals surface area contributed by atoms with Crippen molar-refractivity contribution >= 4 is 96.0 Å². The number of allylic oxidation sites excluding steroid dienone is 3. The van der Waals surface area contributed by atoms with E-state index in [1.807, 2.05) is 12.2 Å². The van der Waals surface area contributed by atoms with Crippen molar-refractivity contribution in [2.24, 2.45) is 0 Å². The first-order valence-corrected chi connectivity index (χ1v) is 24.0. The molecule has 282 valence electrons. The molecule has 0 unspecified atom stereocenters. The van der Waals surface area contributed by atoms with Crippen LogP contribution >= 0.6 is 68.3 Å². The largest absolute Gasteiger partial charge is 0.506 e. The lowest BCUT2D eigenvalue weighted by atomic mass is 9.88. The number of aliphatic hydroxyl groups is 1. The third-order valence-corrected chi connectivity index (χ3v) is 13.9. The zero-order valence-corrected chi connectivity index (χ0v) is 37.4. The number of carbonyl (C=O) groups is 1. The molecule has 4 nitrogen and oxygen atoms in total. The highest BCUT2D eigenvalue weighted by Gasteiger charge is 2.36. The fourth-order valence-corrected chi connectivity index (χ4v) is 11.1. The third-order valence-electron chi connectivity index (χ3n) is 10.4. The maximum Gasteiger partial charge on any atom is 0.263 e. The SMILES string of the molecule is CCCCCCCCCCCCN1/C(=C/C2=C(O)C(=C/c3sc4cc(I)ccc4[n+]3CCCCCCCCCCCC)/C2=O)Sc2cc(I)ccc21. The van der Waals surface area contributed by atoms with Crippen LogP contribution in [0.4, 0.5) is 5.69 Å². The number of aliphatic hydroxyl groups excluding tert-OH is 1. The molecule has 52 heavy (non-hydrogen) atoms. The van der Waals surface area contributed by atoms with E-state index in [0.717, 1.165) is 36.0 Å². The van der Waals surface area contributed by atoms with Gasteiger partial charge < -0.3 is 10.0 Å². The molecule has 5 rings (SSSR count). The summed E-state index contributed by atoms with van der Waals surface area (Å²) in [5.74, 6) is 0.0626. The topological polar surface area (TPSA) is 44.4 Å². The molecule has 2 aromatic carbocycles. The van der Waals surface area contributed by atoms with Gasteiger partial charge in [-0.05, 0) is 94.4 Å². The minimum Gasteiger partial charge on any atom is -0.506 e. The number of ketones is 1. The number of rotatable bonds is 24. The summed E-state index contributed by atoms with van der Waals surface area (Å²) in [6.45, 7) is 6.40. The van der Waals surface area contributed by atoms with E-state index in [9.17, 15) is 9.90 Å². The van der Waals surface area contributed by atoms with Gasteiger partial charge in [0, 0.05) is 37.1 Å². The second kappa shape index (κ2) is 22.2. The molecule has 0 amide bonds. The quantitative estimate of drug-likeness (QED) is 0.0420. The zero-order chi connectivity index (χ0) is 36.7. The van der Waals surface area contributed by atoms with Crippen molar-refractivity contribution in [3.05, 3.63) is 76.6 Å². The molecule has 0 atom stereocenters. The number of aromatic nitrogens is 1. The average Bonchev–Trinajstić information content (AvgIpc) is 3.66. The molecule has 1 aliphatic heterocycles. The number of halogens is 2. The Morgan fingerprint density at radius 2 is 1.27 bits per heavy atom. The molecule has 1 aromatic heterocycles. The highest BCUT2D eigenvalue weighted by atomic mass is 127. The van der Waals surface area contributed by atoms with Crippen molar-refractivity contribution in [3.63, 3.8) is 0 Å². The fraction of sp³-hybridized carbons (Fsp3) is 0.545. The number of thiazole rings is 1. The van der Waals surface area contributed by atoms with E-state index in [2.05, 4.69) is 105 Å². The predicted octanol–water partition coefficient (Wildman–Crippen LogP) is 14.5. The van der Waals surface area contributed by atoms with Gasteiger partial charge in [-0.1, -0.05) is 146 Å². The Bertz CT molecular complexity index is 1730. The van der Waals surface area contributed by atoms with Crippen LogP contribution in [0.15, 0.2) is 69.3 Å². The van der Waals surface area contributed by atoms with Gasteiger partial charge in [-0.2, -0.15) is 4.57 Å². The Labute approximate surface area is 349 Å². The number of nitrogens with zero attached hydrogens (tertiary/aromatic N) is 2. The summed E-state index contributed by atoms with van der Waals surface area (Å²) in [4.78, 5) is 17.3. The van der Waals surface area contributed by atoms with Crippen LogP contribution in [-0.2, 0) is 11.3 Å². The van der Waals surface area contributed by atoms with Crippen LogP contribution in [-0.4, -0.2) is 17.4 Å². The highest BCUT2D eigenvalue weighted by Crippen LogP contribution is 2.48. The summed E-state index contributed by atoms with van der Waals surface area (Å²) < 4.78 is 6.01. The van der Waals surface area contributed by atoms with Gasteiger partial charge in [0.2, 0.25) is 11.3 Å². The zero-order valence-electron chi connectivity index (χ0n) is 31.5. The maximum atomic E-state index is 13.7. The van der Waals surface area contributed by atoms with E-state index < -0.39 is 0 Å². The second-order valence-electron chi connectivity index (χ2n) is 14.6. The molecular formula is C44H59I2N2O2S2+. The minimum atomic E-state index is -0.0625. The number of benzene rings is 2. The molecule has 3 aromatic rings. The highest BCUT2D eigenvalue weighted by molar-refractivity contribution is 14.1. The van der Waals surface area contributed by atoms with Crippen molar-refractivity contribution < 1.29 is 14.5 Å². The molecule has 0 fully saturated rings. The van der Waals surface area contributed by atoms with E-state index in [1.54, 1.807) is 23.1 Å². The van der Waals surface area contributed by atoms with E-state index in [1.165, 1.54) is 144 Å². The van der Waals surface area contributed by atoms with Crippen LogP contribution in [0, 0.1) is 7.14 Å². The number of hydrogen-bond donors (Lipinski definition) is 1. The number of carbonyl (C=O) groups excluding carboxylic acids is 1. The third kappa shape index (κ3) is 11.8. The molecule has 0 bridgehead atoms. The lowest BCUT2D eigenvalue weighted by molar-refractivity contribution is -0.669. The van der Waals surface area contributed by atoms with Gasteiger partial charge in [-0.25, -0.2) is 0 Å². The van der Waals surface area contributed by atoms with Gasteiger partial charge in [0.1, 0.15) is 10.5 Å². The minimum absolute atomic E-state index is 0.0625. The van der Waals surface area contributed by atoms with Gasteiger partial charge in [0.15, 0.2) is 6.54 Å². The number of hydrogen-bond acceptors (Lipinski definition) is 5. The van der Waals surface area contributed by atoms with Crippen molar-refractivity contribution in [3.8, 4) is 0 Å². The van der Waals surface area contributed by atoms with Crippen molar-refractivity contribution in [2.75, 3.05) is 11.4 Å². The first-order valence-electron chi connectivity index (χ1n) is 20.2. The first-order chi connectivity index (χ1) is 25.4. The Morgan fingerprint density at radius 1 is 0.712 bits per heavy atom. The summed E-state index contributed by atoms with van der Waals surface area (Å²) >= 11 is 8.18. The lowest BCUT2D eigenvalue weighted by Crippen LogP contribution is -2.35. The monoisotopic (exact) mass is 965 g/mol. The molecule has 2 heterocycles. The van der Waals surface area contributed by atoms with Gasteiger partial charge in [0.05, 0.1) is 21.9 Å². The first kappa shape index (κ1) is 41.8. The second-order valence-corrected chi connectivity index (χ2v) is 19.2. The standard InChI is InChI=1S/C44H58I2N2O2S2/c1-3-5-7-9-11-13-15-17-19-21-27-47-37-25-23-33(45)29-39(37)51-41(47)31-35-43(49)36(44(35)50)32-42-48(38-26-24-34(46)30-40(38)52-42)28-22-20-18-16-14-12-10-8-6-4-2/h23-26,29-32H,3-22,27-28H2,1-2H3/p+1. The van der Waals surface area contributed by atoms with E-state index >= 15 is 0 Å². The lowest BCUT2D eigenvalue weighted by Gasteiger charge is -2.23. The molecule has 0 spiro atoms. The number of Topliss-reactive ketones (excluding diaryl/α,β-unsaturated/α-hetero) is 1. The van der Waals surface area contributed by atoms with Crippen molar-refractivity contribution in [2.45, 2.75) is 154 Å². The van der Waals surface area contributed by atoms with Crippen molar-refractivity contribution in [1.29, 1.82) is 0 Å². The normalized spacial score (nSPS) is 15.8. The van der Waals surface area contributed by atoms with Gasteiger partial charge in [-0.3, -0.25) is 4.79 Å². The van der Waals surface area contributed by atoms with Crippen LogP contribution in [0.5, 0.6) is 0 Å². The summed E-state index contributed by atoms with van der Waals surface area (Å²) in [5, 5.41) is 13.4. The summed E-state index contributed by atoms with van der Waals surface area (Å²) in [7, 11) is 0. The van der Waals surface area contributed by atoms with Gasteiger partial charge >= 0.3 is 0 Å². The molecule has 0 saturated heterocycles. The summed E-state index contributed by atoms with van der Waals surface area (Å²) in [6.07, 6.45) is 30.1. The fourth-order valence-electron chi connectivity index (χ4n) is 7.31. The summed E-state index contributed by atoms with van der Waals surface area (Å²) in [5.41, 5.74) is 3.29. The van der Waals surface area contributed by atoms with Crippen LogP contribution in [0.25, 0.3) is 16.3 Å². The number of anilines is 1. The molecule has 0 saturated carbocycles. The van der Waals surface area contributed by atoms with Crippen LogP contribution in [0.3, 0.4) is 0 Å². The molecule has 0 radical (unpaired) electrons. The maximum absolute atomic E-state index is 13.7. The van der Waals surface area contributed by atoms with Crippen LogP contribution < -0.4 is 9.47 Å². The smallest absolute Gasteiger partial charge is 0.263 e. The molecule has 8 heteroatoms. The summed E-state index contributed by atoms with van der Waals surface area (Å²) in [6, 6.07) is 13.2. The Kier molecular flexibility index (Phi) is 17.9. The Hall–Kier alpha value is -1.37. The predicted molar refractivity (Wildman–Crippen MR) is 242 cm³/mol. The van der Waals surface area contributed by atoms with Crippen molar-refractivity contribution in [1.82, 2.24) is 0 Å². The van der Waals surface area contributed by atoms with Crippen LogP contribution in [0.2, 0.25) is 0 Å². The Balaban J connectivity index is 1.23. The molecule has 2 aliphatic rings. The number of aryl methyl sites for hydroxylation is 1. The average molecular weight is 966 g/mol. The van der Waals surface area contributed by atoms with Crippen LogP contribution in [0.1, 0.15) is 147 Å². The van der Waals surface area contributed by atoms with E-state index in [4.69, 9.17) is 0 Å². The number of thioether (sulfide) groups is 1. The molecule has 1 aliphatic carbocycles. The van der Waals surface area contributed by atoms with Gasteiger partial charge in [-0.15, -0.1) is 0 Å². The molecule has 1 N–H and O–H groups in total. The molecular weight excluding hydrogens is 906 g/mol. The number of fused-ring (bicyclic) bond motifs is 2. The number of unbranched alkanes of at least 4 members (excludes halogenated alkanes) is 18. The Morgan fingerprint density at radius 3 is 1.88 bits per heavy atom. The van der Waals surface area contributed by atoms with E-state index in [0.29, 0.717) is 11.1 Å².